The predicted octanol–water partition coefficient (Wildman–Crippen LogP) is 3.88. The fourth-order valence-electron chi connectivity index (χ4n) is 4.04. The Hall–Kier alpha value is -0.480. The van der Waals surface area contributed by atoms with Gasteiger partial charge in [0.1, 0.15) is 0 Å². The van der Waals surface area contributed by atoms with Crippen molar-refractivity contribution in [1.29, 1.82) is 0 Å². The molecule has 136 valence electrons. The number of anilines is 1. The lowest BCUT2D eigenvalue weighted by Crippen LogP contribution is -2.45. The number of halogens is 2. The summed E-state index contributed by atoms with van der Waals surface area (Å²) < 4.78 is 0. The second kappa shape index (κ2) is 9.28. The van der Waals surface area contributed by atoms with Crippen LogP contribution in [0.5, 0.6) is 0 Å². The van der Waals surface area contributed by atoms with Gasteiger partial charge in [-0.15, -0.1) is 24.8 Å². The van der Waals surface area contributed by atoms with E-state index in [0.29, 0.717) is 6.04 Å². The molecule has 24 heavy (non-hydrogen) atoms. The van der Waals surface area contributed by atoms with Crippen LogP contribution in [0.1, 0.15) is 43.7 Å². The highest BCUT2D eigenvalue weighted by Gasteiger charge is 2.30. The van der Waals surface area contributed by atoms with Crippen molar-refractivity contribution in [1.82, 2.24) is 10.2 Å². The lowest BCUT2D eigenvalue weighted by Gasteiger charge is -2.35. The molecule has 3 fully saturated rings. The number of nitrogens with one attached hydrogen (secondary N) is 1. The van der Waals surface area contributed by atoms with Crippen LogP contribution in [0.25, 0.3) is 0 Å². The highest BCUT2D eigenvalue weighted by Crippen LogP contribution is 2.40. The third-order valence-corrected chi connectivity index (χ3v) is 5.59. The van der Waals surface area contributed by atoms with Crippen LogP contribution in [0.2, 0.25) is 0 Å². The molecule has 0 radical (unpaired) electrons. The van der Waals surface area contributed by atoms with Gasteiger partial charge in [-0.05, 0) is 42.9 Å². The lowest BCUT2D eigenvalue weighted by atomic mass is 9.98. The van der Waals surface area contributed by atoms with E-state index < -0.39 is 0 Å². The van der Waals surface area contributed by atoms with Gasteiger partial charge in [-0.3, -0.25) is 4.90 Å². The van der Waals surface area contributed by atoms with E-state index in [-0.39, 0.29) is 24.8 Å². The van der Waals surface area contributed by atoms with Crippen molar-refractivity contribution in [3.8, 4) is 0 Å². The van der Waals surface area contributed by atoms with Crippen LogP contribution in [-0.4, -0.2) is 44.2 Å². The van der Waals surface area contributed by atoms with Crippen LogP contribution >= 0.6 is 24.8 Å². The van der Waals surface area contributed by atoms with Crippen LogP contribution < -0.4 is 10.2 Å². The average Bonchev–Trinajstić information content (AvgIpc) is 3.24. The first-order valence-electron chi connectivity index (χ1n) is 9.20. The Morgan fingerprint density at radius 3 is 2.12 bits per heavy atom. The monoisotopic (exact) mass is 371 g/mol. The smallest absolute Gasteiger partial charge is 0.0366 e. The van der Waals surface area contributed by atoms with Crippen LogP contribution in [0.3, 0.4) is 0 Å². The van der Waals surface area contributed by atoms with Crippen molar-refractivity contribution in [2.24, 2.45) is 5.92 Å². The van der Waals surface area contributed by atoms with Crippen molar-refractivity contribution in [3.63, 3.8) is 0 Å². The molecule has 3 nitrogen and oxygen atoms in total. The molecule has 5 heteroatoms. The summed E-state index contributed by atoms with van der Waals surface area (Å²) in [5.41, 5.74) is 2.96. The maximum absolute atomic E-state index is 3.49. The Balaban J connectivity index is 0.00000104. The van der Waals surface area contributed by atoms with Crippen LogP contribution in [0, 0.1) is 5.92 Å². The van der Waals surface area contributed by atoms with E-state index in [9.17, 15) is 0 Å². The van der Waals surface area contributed by atoms with E-state index in [2.05, 4.69) is 39.4 Å². The van der Waals surface area contributed by atoms with Crippen LogP contribution in [0.15, 0.2) is 24.3 Å². The summed E-state index contributed by atoms with van der Waals surface area (Å²) in [6.07, 6.45) is 6.98. The van der Waals surface area contributed by atoms with E-state index in [1.54, 1.807) is 0 Å². The Kier molecular flexibility index (Phi) is 7.67. The quantitative estimate of drug-likeness (QED) is 0.846. The van der Waals surface area contributed by atoms with Gasteiger partial charge in [0.25, 0.3) is 0 Å². The number of rotatable bonds is 5. The summed E-state index contributed by atoms with van der Waals surface area (Å²) >= 11 is 0. The molecule has 0 spiro atoms. The van der Waals surface area contributed by atoms with Gasteiger partial charge in [-0.25, -0.2) is 0 Å². The first kappa shape index (κ1) is 19.8. The van der Waals surface area contributed by atoms with Gasteiger partial charge in [0, 0.05) is 51.0 Å². The average molecular weight is 372 g/mol. The maximum Gasteiger partial charge on any atom is 0.0366 e. The number of piperazine rings is 1. The number of benzene rings is 1. The summed E-state index contributed by atoms with van der Waals surface area (Å²) in [6, 6.07) is 10.2. The van der Waals surface area contributed by atoms with Crippen molar-refractivity contribution in [2.75, 3.05) is 44.2 Å². The number of hydrogen-bond acceptors (Lipinski definition) is 3. The van der Waals surface area contributed by atoms with Gasteiger partial charge in [0.15, 0.2) is 0 Å². The highest BCUT2D eigenvalue weighted by molar-refractivity contribution is 5.85. The van der Waals surface area contributed by atoms with Crippen molar-refractivity contribution >= 4 is 30.5 Å². The summed E-state index contributed by atoms with van der Waals surface area (Å²) in [7, 11) is 0. The predicted molar refractivity (Wildman–Crippen MR) is 107 cm³/mol. The van der Waals surface area contributed by atoms with Gasteiger partial charge in [-0.1, -0.05) is 25.0 Å². The van der Waals surface area contributed by atoms with E-state index in [0.717, 1.165) is 19.0 Å². The SMILES string of the molecule is Cl.Cl.c1cc(N2CCCC2)ccc1[C@H](CC1CC1)N1CCNCC1. The van der Waals surface area contributed by atoms with Crippen molar-refractivity contribution in [3.05, 3.63) is 29.8 Å². The summed E-state index contributed by atoms with van der Waals surface area (Å²) in [5, 5.41) is 3.49. The molecule has 1 aromatic rings. The Morgan fingerprint density at radius 2 is 1.54 bits per heavy atom. The van der Waals surface area contributed by atoms with Gasteiger partial charge in [0.05, 0.1) is 0 Å². The third kappa shape index (κ3) is 4.78. The van der Waals surface area contributed by atoms with E-state index >= 15 is 0 Å². The minimum atomic E-state index is 0. The van der Waals surface area contributed by atoms with Crippen LogP contribution in [-0.2, 0) is 0 Å². The normalized spacial score (nSPS) is 22.6. The summed E-state index contributed by atoms with van der Waals surface area (Å²) in [5.74, 6) is 0.984. The fourth-order valence-corrected chi connectivity index (χ4v) is 4.04. The molecular formula is C19H31Cl2N3. The molecule has 1 aromatic carbocycles. The molecule has 2 saturated heterocycles. The molecule has 0 bridgehead atoms. The molecule has 0 amide bonds. The maximum atomic E-state index is 3.49. The molecule has 0 unspecified atom stereocenters. The van der Waals surface area contributed by atoms with Gasteiger partial charge in [0.2, 0.25) is 0 Å². The minimum absolute atomic E-state index is 0. The number of nitrogens with zero attached hydrogens (tertiary/aromatic N) is 2. The molecule has 3 aliphatic rings. The molecule has 1 N–H and O–H groups in total. The molecule has 2 aliphatic heterocycles. The van der Waals surface area contributed by atoms with E-state index in [1.165, 1.54) is 69.5 Å². The lowest BCUT2D eigenvalue weighted by molar-refractivity contribution is 0.160. The molecule has 1 atom stereocenters. The zero-order valence-corrected chi connectivity index (χ0v) is 16.1. The first-order valence-corrected chi connectivity index (χ1v) is 9.20. The summed E-state index contributed by atoms with van der Waals surface area (Å²) in [4.78, 5) is 5.24. The fraction of sp³-hybridized carbons (Fsp3) is 0.684. The molecule has 1 aliphatic carbocycles. The zero-order chi connectivity index (χ0) is 14.8. The summed E-state index contributed by atoms with van der Waals surface area (Å²) in [6.45, 7) is 7.17. The number of hydrogen-bond donors (Lipinski definition) is 1. The highest BCUT2D eigenvalue weighted by atomic mass is 35.5. The second-order valence-electron chi connectivity index (χ2n) is 7.27. The minimum Gasteiger partial charge on any atom is -0.372 e. The van der Waals surface area contributed by atoms with E-state index in [4.69, 9.17) is 0 Å². The van der Waals surface area contributed by atoms with E-state index in [1.807, 2.05) is 0 Å². The molecule has 0 aromatic heterocycles. The van der Waals surface area contributed by atoms with Gasteiger partial charge < -0.3 is 10.2 Å². The van der Waals surface area contributed by atoms with Crippen molar-refractivity contribution in [2.45, 2.75) is 38.1 Å². The van der Waals surface area contributed by atoms with Crippen LogP contribution in [0.4, 0.5) is 5.69 Å². The topological polar surface area (TPSA) is 18.5 Å². The van der Waals surface area contributed by atoms with Crippen molar-refractivity contribution < 1.29 is 0 Å². The van der Waals surface area contributed by atoms with Gasteiger partial charge in [-0.2, -0.15) is 0 Å². The largest absolute Gasteiger partial charge is 0.372 e. The second-order valence-corrected chi connectivity index (χ2v) is 7.27. The zero-order valence-electron chi connectivity index (χ0n) is 14.5. The molecule has 1 saturated carbocycles. The molecular weight excluding hydrogens is 341 g/mol. The Morgan fingerprint density at radius 1 is 0.917 bits per heavy atom. The van der Waals surface area contributed by atoms with Gasteiger partial charge >= 0.3 is 0 Å². The molecule has 2 heterocycles. The molecule has 4 rings (SSSR count). The first-order chi connectivity index (χ1) is 10.9. The third-order valence-electron chi connectivity index (χ3n) is 5.59. The Labute approximate surface area is 159 Å². The standard InChI is InChI=1S/C19H29N3.2ClH/c1-2-12-21(11-1)18-7-5-17(6-8-18)19(15-16-3-4-16)22-13-9-20-10-14-22;;/h5-8,16,19-20H,1-4,9-15H2;2*1H/t19-;;/m0../s1. The Bertz CT molecular complexity index is 478.